The van der Waals surface area contributed by atoms with Gasteiger partial charge in [-0.2, -0.15) is 0 Å². The van der Waals surface area contributed by atoms with Gasteiger partial charge in [0.2, 0.25) is 0 Å². The molecule has 0 fully saturated rings. The van der Waals surface area contributed by atoms with Gasteiger partial charge in [0.1, 0.15) is 0 Å². The van der Waals surface area contributed by atoms with Crippen LogP contribution in [0.1, 0.15) is 13.8 Å². The Morgan fingerprint density at radius 3 is 2.36 bits per heavy atom. The van der Waals surface area contributed by atoms with Gasteiger partial charge in [-0.25, -0.2) is 4.79 Å². The maximum absolute atomic E-state index is 10.3. The van der Waals surface area contributed by atoms with Crippen molar-refractivity contribution >= 4 is 12.7 Å². The first-order chi connectivity index (χ1) is 5.07. The summed E-state index contributed by atoms with van der Waals surface area (Å²) in [5, 5.41) is 8.42. The molecular formula is C8H11NO2. The van der Waals surface area contributed by atoms with Gasteiger partial charge in [0.05, 0.1) is 0 Å². The first-order valence-corrected chi connectivity index (χ1v) is 3.13. The third-order valence-corrected chi connectivity index (χ3v) is 1.16. The number of carboxylic acid groups (broad SMARTS) is 1. The molecule has 0 heterocycles. The van der Waals surface area contributed by atoms with Gasteiger partial charge < -0.3 is 5.11 Å². The molecule has 0 aromatic rings. The van der Waals surface area contributed by atoms with E-state index in [0.717, 1.165) is 0 Å². The molecule has 11 heavy (non-hydrogen) atoms. The first kappa shape index (κ1) is 9.62. The Morgan fingerprint density at radius 2 is 2.00 bits per heavy atom. The molecule has 0 radical (unpaired) electrons. The van der Waals surface area contributed by atoms with Gasteiger partial charge >= 0.3 is 5.97 Å². The van der Waals surface area contributed by atoms with Crippen LogP contribution in [0.4, 0.5) is 0 Å². The summed E-state index contributed by atoms with van der Waals surface area (Å²) in [7, 11) is 0. The predicted molar refractivity (Wildman–Crippen MR) is 44.7 cm³/mol. The molecule has 3 heteroatoms. The van der Waals surface area contributed by atoms with E-state index in [1.165, 1.54) is 13.0 Å². The predicted octanol–water partition coefficient (Wildman–Crippen LogP) is 1.62. The average molecular weight is 153 g/mol. The van der Waals surface area contributed by atoms with Crippen molar-refractivity contribution in [2.24, 2.45) is 4.99 Å². The smallest absolute Gasteiger partial charge is 0.331 e. The van der Waals surface area contributed by atoms with E-state index < -0.39 is 5.97 Å². The lowest BCUT2D eigenvalue weighted by Gasteiger charge is -1.89. The monoisotopic (exact) mass is 153 g/mol. The maximum Gasteiger partial charge on any atom is 0.331 e. The number of rotatable bonds is 3. The van der Waals surface area contributed by atoms with Crippen LogP contribution in [0.5, 0.6) is 0 Å². The highest BCUT2D eigenvalue weighted by Crippen LogP contribution is 1.97. The highest BCUT2D eigenvalue weighted by atomic mass is 16.4. The Hall–Kier alpha value is -1.38. The summed E-state index contributed by atoms with van der Waals surface area (Å²) in [5.74, 6) is -0.918. The quantitative estimate of drug-likeness (QED) is 0.380. The van der Waals surface area contributed by atoms with Crippen LogP contribution in [0, 0.1) is 0 Å². The molecule has 0 rings (SSSR count). The van der Waals surface area contributed by atoms with Crippen LogP contribution in [0.2, 0.25) is 0 Å². The van der Waals surface area contributed by atoms with Crippen LogP contribution in [0.15, 0.2) is 28.4 Å². The number of carboxylic acids is 1. The summed E-state index contributed by atoms with van der Waals surface area (Å²) in [5.41, 5.74) is 0.985. The van der Waals surface area contributed by atoms with Crippen LogP contribution in [0.3, 0.4) is 0 Å². The molecule has 0 aromatic heterocycles. The maximum atomic E-state index is 10.3. The third kappa shape index (κ3) is 4.08. The molecule has 0 saturated carbocycles. The zero-order chi connectivity index (χ0) is 8.85. The number of aliphatic imine (C=N–C) groups is 1. The molecule has 3 nitrogen and oxygen atoms in total. The fourth-order valence-corrected chi connectivity index (χ4v) is 0.370. The summed E-state index contributed by atoms with van der Waals surface area (Å²) in [6, 6.07) is 0. The van der Waals surface area contributed by atoms with Crippen molar-refractivity contribution < 1.29 is 9.90 Å². The number of carbonyl (C=O) groups is 1. The molecule has 0 aromatic carbocycles. The van der Waals surface area contributed by atoms with Gasteiger partial charge in [-0.3, -0.25) is 4.99 Å². The van der Waals surface area contributed by atoms with Gasteiger partial charge in [-0.15, -0.1) is 0 Å². The van der Waals surface area contributed by atoms with E-state index in [0.29, 0.717) is 5.70 Å². The second-order valence-electron chi connectivity index (χ2n) is 2.12. The Bertz CT molecular complexity index is 226. The number of aliphatic carboxylic acids is 1. The third-order valence-electron chi connectivity index (χ3n) is 1.16. The van der Waals surface area contributed by atoms with E-state index in [-0.39, 0.29) is 5.57 Å². The van der Waals surface area contributed by atoms with Gasteiger partial charge in [0.25, 0.3) is 0 Å². The largest absolute Gasteiger partial charge is 0.478 e. The van der Waals surface area contributed by atoms with Crippen LogP contribution in [0.25, 0.3) is 0 Å². The van der Waals surface area contributed by atoms with E-state index in [2.05, 4.69) is 11.7 Å². The first-order valence-electron chi connectivity index (χ1n) is 3.13. The van der Waals surface area contributed by atoms with Gasteiger partial charge in [-0.05, 0) is 26.6 Å². The molecule has 0 saturated heterocycles. The highest BCUT2D eigenvalue weighted by molar-refractivity contribution is 5.86. The molecule has 0 aliphatic heterocycles. The Kier molecular flexibility index (Phi) is 3.88. The molecule has 0 amide bonds. The van der Waals surface area contributed by atoms with Crippen molar-refractivity contribution in [3.63, 3.8) is 0 Å². The van der Waals surface area contributed by atoms with E-state index in [1.807, 2.05) is 0 Å². The lowest BCUT2D eigenvalue weighted by Crippen LogP contribution is -1.94. The lowest BCUT2D eigenvalue weighted by atomic mass is 10.2. The summed E-state index contributed by atoms with van der Waals surface area (Å²) in [6.07, 6.45) is 3.10. The molecule has 0 aliphatic rings. The summed E-state index contributed by atoms with van der Waals surface area (Å²) in [6.45, 7) is 6.56. The van der Waals surface area contributed by atoms with Crippen molar-refractivity contribution in [1.29, 1.82) is 0 Å². The number of hydrogen-bond donors (Lipinski definition) is 1. The SMILES string of the molecule is C=N/C(C)=C\C=C(/C)C(=O)O. The minimum atomic E-state index is -0.918. The molecular weight excluding hydrogens is 142 g/mol. The minimum Gasteiger partial charge on any atom is -0.478 e. The topological polar surface area (TPSA) is 49.7 Å². The molecule has 0 spiro atoms. The summed E-state index contributed by atoms with van der Waals surface area (Å²) < 4.78 is 0. The summed E-state index contributed by atoms with van der Waals surface area (Å²) >= 11 is 0. The fraction of sp³-hybridized carbons (Fsp3) is 0.250. The van der Waals surface area contributed by atoms with Gasteiger partial charge in [-0.1, -0.05) is 6.08 Å². The normalized spacial score (nSPS) is 12.9. The lowest BCUT2D eigenvalue weighted by molar-refractivity contribution is -0.132. The molecule has 0 aliphatic carbocycles. The number of hydrogen-bond acceptors (Lipinski definition) is 2. The highest BCUT2D eigenvalue weighted by Gasteiger charge is 1.95. The van der Waals surface area contributed by atoms with Crippen molar-refractivity contribution in [2.45, 2.75) is 13.8 Å². The van der Waals surface area contributed by atoms with Crippen LogP contribution in [-0.2, 0) is 4.79 Å². The van der Waals surface area contributed by atoms with E-state index in [9.17, 15) is 4.79 Å². The zero-order valence-corrected chi connectivity index (χ0v) is 6.66. The van der Waals surface area contributed by atoms with E-state index in [4.69, 9.17) is 5.11 Å². The summed E-state index contributed by atoms with van der Waals surface area (Å²) in [4.78, 5) is 13.8. The molecule has 1 N–H and O–H groups in total. The van der Waals surface area contributed by atoms with E-state index >= 15 is 0 Å². The zero-order valence-electron chi connectivity index (χ0n) is 6.66. The second kappa shape index (κ2) is 4.44. The van der Waals surface area contributed by atoms with Crippen LogP contribution < -0.4 is 0 Å². The minimum absolute atomic E-state index is 0.285. The van der Waals surface area contributed by atoms with E-state index in [1.54, 1.807) is 13.0 Å². The average Bonchev–Trinajstić information content (AvgIpc) is 1.99. The molecule has 0 bridgehead atoms. The molecule has 0 atom stereocenters. The Balaban J connectivity index is 4.34. The van der Waals surface area contributed by atoms with Crippen molar-refractivity contribution in [3.05, 3.63) is 23.4 Å². The number of allylic oxidation sites excluding steroid dienone is 3. The van der Waals surface area contributed by atoms with Crippen molar-refractivity contribution in [3.8, 4) is 0 Å². The Labute approximate surface area is 65.8 Å². The van der Waals surface area contributed by atoms with Crippen LogP contribution >= 0.6 is 0 Å². The number of nitrogens with zero attached hydrogens (tertiary/aromatic N) is 1. The standard InChI is InChI=1S/C8H11NO2/c1-6(8(10)11)4-5-7(2)9-3/h4-5H,3H2,1-2H3,(H,10,11)/b6-4+,7-5-. The van der Waals surface area contributed by atoms with Crippen molar-refractivity contribution in [2.75, 3.05) is 0 Å². The molecule has 60 valence electrons. The van der Waals surface area contributed by atoms with Crippen LogP contribution in [-0.4, -0.2) is 17.8 Å². The second-order valence-corrected chi connectivity index (χ2v) is 2.12. The molecule has 0 unspecified atom stereocenters. The van der Waals surface area contributed by atoms with Gasteiger partial charge in [0.15, 0.2) is 0 Å². The fourth-order valence-electron chi connectivity index (χ4n) is 0.370. The van der Waals surface area contributed by atoms with Crippen molar-refractivity contribution in [1.82, 2.24) is 0 Å². The Morgan fingerprint density at radius 1 is 1.45 bits per heavy atom. The van der Waals surface area contributed by atoms with Gasteiger partial charge in [0, 0.05) is 11.3 Å².